The van der Waals surface area contributed by atoms with Gasteiger partial charge in [0.25, 0.3) is 0 Å². The van der Waals surface area contributed by atoms with Crippen molar-refractivity contribution in [2.75, 3.05) is 6.61 Å². The molecule has 0 bridgehead atoms. The molecule has 100 valence electrons. The van der Waals surface area contributed by atoms with Gasteiger partial charge in [-0.15, -0.1) is 0 Å². The molecule has 1 fully saturated rings. The molecule has 2 atom stereocenters. The number of rotatable bonds is 9. The van der Waals surface area contributed by atoms with Crippen molar-refractivity contribution in [1.29, 1.82) is 0 Å². The Bertz CT molecular complexity index is 209. The molecule has 0 aliphatic carbocycles. The number of unbranched alkanes of at least 4 members (excludes halogenated alkanes) is 5. The van der Waals surface area contributed by atoms with Crippen LogP contribution in [-0.4, -0.2) is 18.0 Å². The summed E-state index contributed by atoms with van der Waals surface area (Å²) in [7, 11) is 0. The SMILES string of the molecule is C=C(CCCCCCCC)C(S)C1CCCO1. The fraction of sp³-hybridized carbons (Fsp3) is 0.867. The Morgan fingerprint density at radius 3 is 2.65 bits per heavy atom. The first kappa shape index (κ1) is 15.1. The highest BCUT2D eigenvalue weighted by atomic mass is 32.1. The lowest BCUT2D eigenvalue weighted by molar-refractivity contribution is 0.115. The van der Waals surface area contributed by atoms with Crippen molar-refractivity contribution in [2.24, 2.45) is 0 Å². The lowest BCUT2D eigenvalue weighted by Gasteiger charge is -2.20. The minimum atomic E-state index is 0.258. The van der Waals surface area contributed by atoms with E-state index in [-0.39, 0.29) is 5.25 Å². The number of ether oxygens (including phenoxy) is 1. The molecule has 1 aliphatic heterocycles. The van der Waals surface area contributed by atoms with Gasteiger partial charge in [0, 0.05) is 11.9 Å². The maximum absolute atomic E-state index is 5.66. The molecule has 2 heteroatoms. The summed E-state index contributed by atoms with van der Waals surface area (Å²) in [6.07, 6.45) is 11.9. The van der Waals surface area contributed by atoms with E-state index >= 15 is 0 Å². The molecule has 0 saturated carbocycles. The average molecular weight is 256 g/mol. The summed E-state index contributed by atoms with van der Waals surface area (Å²) in [6, 6.07) is 0. The molecule has 2 unspecified atom stereocenters. The van der Waals surface area contributed by atoms with E-state index in [2.05, 4.69) is 26.1 Å². The minimum Gasteiger partial charge on any atom is -0.377 e. The molecule has 0 spiro atoms. The maximum Gasteiger partial charge on any atom is 0.0729 e. The first-order chi connectivity index (χ1) is 8.25. The molecule has 1 aliphatic rings. The van der Waals surface area contributed by atoms with E-state index in [1.165, 1.54) is 50.5 Å². The third-order valence-electron chi connectivity index (χ3n) is 3.59. The summed E-state index contributed by atoms with van der Waals surface area (Å²) >= 11 is 4.65. The van der Waals surface area contributed by atoms with Crippen molar-refractivity contribution in [3.05, 3.63) is 12.2 Å². The van der Waals surface area contributed by atoms with Gasteiger partial charge in [0.15, 0.2) is 0 Å². The second kappa shape index (κ2) is 9.04. The molecule has 0 aromatic rings. The molecule has 0 aromatic heterocycles. The molecule has 0 amide bonds. The van der Waals surface area contributed by atoms with Crippen LogP contribution in [0.4, 0.5) is 0 Å². The van der Waals surface area contributed by atoms with Crippen LogP contribution >= 0.6 is 12.6 Å². The van der Waals surface area contributed by atoms with Crippen molar-refractivity contribution in [1.82, 2.24) is 0 Å². The third-order valence-corrected chi connectivity index (χ3v) is 4.28. The summed E-state index contributed by atoms with van der Waals surface area (Å²) in [4.78, 5) is 0. The lowest BCUT2D eigenvalue weighted by Crippen LogP contribution is -2.21. The van der Waals surface area contributed by atoms with E-state index in [4.69, 9.17) is 4.74 Å². The molecule has 0 radical (unpaired) electrons. The summed E-state index contributed by atoms with van der Waals surface area (Å²) in [5.74, 6) is 0. The Morgan fingerprint density at radius 2 is 2.00 bits per heavy atom. The van der Waals surface area contributed by atoms with Gasteiger partial charge < -0.3 is 4.74 Å². The van der Waals surface area contributed by atoms with Crippen molar-refractivity contribution in [3.8, 4) is 0 Å². The highest BCUT2D eigenvalue weighted by Gasteiger charge is 2.24. The van der Waals surface area contributed by atoms with Crippen LogP contribution in [0.2, 0.25) is 0 Å². The monoisotopic (exact) mass is 256 g/mol. The van der Waals surface area contributed by atoms with E-state index in [0.717, 1.165) is 19.4 Å². The van der Waals surface area contributed by atoms with Crippen LogP contribution in [0.3, 0.4) is 0 Å². The van der Waals surface area contributed by atoms with E-state index in [0.29, 0.717) is 6.10 Å². The minimum absolute atomic E-state index is 0.258. The number of hydrogen-bond donors (Lipinski definition) is 1. The Hall–Kier alpha value is 0.0500. The molecule has 1 heterocycles. The average Bonchev–Trinajstić information content (AvgIpc) is 2.86. The molecule has 0 aromatic carbocycles. The Balaban J connectivity index is 2.03. The van der Waals surface area contributed by atoms with Gasteiger partial charge >= 0.3 is 0 Å². The third kappa shape index (κ3) is 5.96. The van der Waals surface area contributed by atoms with Gasteiger partial charge in [-0.05, 0) is 25.7 Å². The predicted molar refractivity (Wildman–Crippen MR) is 78.9 cm³/mol. The Kier molecular flexibility index (Phi) is 8.04. The largest absolute Gasteiger partial charge is 0.377 e. The second-order valence-electron chi connectivity index (χ2n) is 5.17. The van der Waals surface area contributed by atoms with Gasteiger partial charge in [0.2, 0.25) is 0 Å². The summed E-state index contributed by atoms with van der Waals surface area (Å²) in [5, 5.41) is 0.258. The van der Waals surface area contributed by atoms with Gasteiger partial charge in [-0.1, -0.05) is 51.2 Å². The van der Waals surface area contributed by atoms with Crippen LogP contribution in [0.25, 0.3) is 0 Å². The topological polar surface area (TPSA) is 9.23 Å². The van der Waals surface area contributed by atoms with E-state index in [1.54, 1.807) is 0 Å². The van der Waals surface area contributed by atoms with Gasteiger partial charge in [-0.3, -0.25) is 0 Å². The second-order valence-corrected chi connectivity index (χ2v) is 5.73. The Labute approximate surface area is 112 Å². The first-order valence-corrected chi connectivity index (χ1v) is 7.74. The molecule has 1 nitrogen and oxygen atoms in total. The highest BCUT2D eigenvalue weighted by molar-refractivity contribution is 7.81. The van der Waals surface area contributed by atoms with Crippen molar-refractivity contribution in [2.45, 2.75) is 76.1 Å². The summed E-state index contributed by atoms with van der Waals surface area (Å²) < 4.78 is 5.66. The van der Waals surface area contributed by atoms with Crippen LogP contribution in [0.15, 0.2) is 12.2 Å². The highest BCUT2D eigenvalue weighted by Crippen LogP contribution is 2.26. The van der Waals surface area contributed by atoms with Crippen LogP contribution in [0.5, 0.6) is 0 Å². The van der Waals surface area contributed by atoms with Crippen LogP contribution in [-0.2, 0) is 4.74 Å². The van der Waals surface area contributed by atoms with E-state index in [9.17, 15) is 0 Å². The van der Waals surface area contributed by atoms with Gasteiger partial charge in [0.05, 0.1) is 6.10 Å². The van der Waals surface area contributed by atoms with Crippen LogP contribution in [0, 0.1) is 0 Å². The fourth-order valence-corrected chi connectivity index (χ4v) is 2.76. The first-order valence-electron chi connectivity index (χ1n) is 7.23. The van der Waals surface area contributed by atoms with Crippen molar-refractivity contribution in [3.63, 3.8) is 0 Å². The number of thiol groups is 1. The zero-order valence-corrected chi connectivity index (χ0v) is 12.2. The normalized spacial score (nSPS) is 21.6. The Morgan fingerprint density at radius 1 is 1.29 bits per heavy atom. The molecular weight excluding hydrogens is 228 g/mol. The van der Waals surface area contributed by atoms with Gasteiger partial charge in [-0.25, -0.2) is 0 Å². The molecule has 1 rings (SSSR count). The van der Waals surface area contributed by atoms with Gasteiger partial charge in [-0.2, -0.15) is 12.6 Å². The zero-order chi connectivity index (χ0) is 12.5. The molecule has 17 heavy (non-hydrogen) atoms. The molecule has 1 saturated heterocycles. The van der Waals surface area contributed by atoms with E-state index < -0.39 is 0 Å². The van der Waals surface area contributed by atoms with Crippen LogP contribution in [0.1, 0.15) is 64.7 Å². The smallest absolute Gasteiger partial charge is 0.0729 e. The summed E-state index contributed by atoms with van der Waals surface area (Å²) in [6.45, 7) is 7.34. The van der Waals surface area contributed by atoms with Crippen LogP contribution < -0.4 is 0 Å². The van der Waals surface area contributed by atoms with Gasteiger partial charge in [0.1, 0.15) is 0 Å². The molecule has 0 N–H and O–H groups in total. The maximum atomic E-state index is 5.66. The number of hydrogen-bond acceptors (Lipinski definition) is 2. The quantitative estimate of drug-likeness (QED) is 0.355. The summed E-state index contributed by atoms with van der Waals surface area (Å²) in [5.41, 5.74) is 1.27. The zero-order valence-electron chi connectivity index (χ0n) is 11.3. The lowest BCUT2D eigenvalue weighted by atomic mass is 10.00. The van der Waals surface area contributed by atoms with Crippen molar-refractivity contribution < 1.29 is 4.74 Å². The van der Waals surface area contributed by atoms with E-state index in [1.807, 2.05) is 0 Å². The molecular formula is C15H28OS. The predicted octanol–water partition coefficient (Wildman–Crippen LogP) is 4.77. The standard InChI is InChI=1S/C15H28OS/c1-3-4-5-6-7-8-10-13(2)15(17)14-11-9-12-16-14/h14-15,17H,2-12H2,1H3. The van der Waals surface area contributed by atoms with Crippen molar-refractivity contribution >= 4 is 12.6 Å². The fourth-order valence-electron chi connectivity index (χ4n) is 2.39.